The number of aryl methyl sites for hydroxylation is 1. The van der Waals surface area contributed by atoms with Crippen molar-refractivity contribution in [3.63, 3.8) is 0 Å². The Hall–Kier alpha value is -3.45. The van der Waals surface area contributed by atoms with Gasteiger partial charge in [0, 0.05) is 11.3 Å². The first-order valence-corrected chi connectivity index (χ1v) is 10.4. The predicted octanol–water partition coefficient (Wildman–Crippen LogP) is 4.25. The highest BCUT2D eigenvalue weighted by Crippen LogP contribution is 2.22. The molecule has 148 valence electrons. The molecule has 3 aromatic rings. The molecule has 6 nitrogen and oxygen atoms in total. The van der Waals surface area contributed by atoms with Crippen LogP contribution in [0.5, 0.6) is 0 Å². The molecule has 1 amide bonds. The van der Waals surface area contributed by atoms with E-state index in [1.54, 1.807) is 48.5 Å². The van der Waals surface area contributed by atoms with E-state index in [2.05, 4.69) is 10.0 Å². The Bertz CT molecular complexity index is 1150. The molecule has 0 aliphatic heterocycles. The Morgan fingerprint density at radius 1 is 0.828 bits per heavy atom. The predicted molar refractivity (Wildman–Crippen MR) is 113 cm³/mol. The van der Waals surface area contributed by atoms with Crippen LogP contribution in [0.1, 0.15) is 33.2 Å². The van der Waals surface area contributed by atoms with E-state index in [-0.39, 0.29) is 21.9 Å². The molecule has 0 heterocycles. The normalized spacial score (nSPS) is 11.0. The Labute approximate surface area is 169 Å². The number of carbonyl (C=O) groups excluding carboxylic acids is 2. The number of sulfonamides is 1. The summed E-state index contributed by atoms with van der Waals surface area (Å²) in [5.41, 5.74) is 2.33. The largest absolute Gasteiger partial charge is 0.322 e. The SMILES string of the molecule is CC(=O)c1ccc(NC(=O)c2ccccc2NS(=O)(=O)c2ccc(C)cc2)cc1. The zero-order valence-electron chi connectivity index (χ0n) is 16.0. The van der Waals surface area contributed by atoms with Gasteiger partial charge in [0.1, 0.15) is 0 Å². The van der Waals surface area contributed by atoms with Crippen molar-refractivity contribution in [1.82, 2.24) is 0 Å². The van der Waals surface area contributed by atoms with Crippen molar-refractivity contribution in [1.29, 1.82) is 0 Å². The molecule has 7 heteroatoms. The van der Waals surface area contributed by atoms with Crippen molar-refractivity contribution >= 4 is 33.1 Å². The van der Waals surface area contributed by atoms with Crippen LogP contribution in [-0.2, 0) is 10.0 Å². The fraction of sp³-hybridized carbons (Fsp3) is 0.0909. The van der Waals surface area contributed by atoms with Crippen LogP contribution in [0.4, 0.5) is 11.4 Å². The highest BCUT2D eigenvalue weighted by molar-refractivity contribution is 7.92. The van der Waals surface area contributed by atoms with Crippen LogP contribution in [0.2, 0.25) is 0 Å². The average Bonchev–Trinajstić information content (AvgIpc) is 2.69. The molecule has 0 spiro atoms. The maximum absolute atomic E-state index is 12.7. The van der Waals surface area contributed by atoms with Gasteiger partial charge in [-0.1, -0.05) is 29.8 Å². The number of anilines is 2. The summed E-state index contributed by atoms with van der Waals surface area (Å²) < 4.78 is 27.8. The number of ketones is 1. The van der Waals surface area contributed by atoms with E-state index >= 15 is 0 Å². The Morgan fingerprint density at radius 3 is 2.07 bits per heavy atom. The molecule has 0 bridgehead atoms. The minimum Gasteiger partial charge on any atom is -0.322 e. The number of benzene rings is 3. The van der Waals surface area contributed by atoms with Crippen molar-refractivity contribution < 1.29 is 18.0 Å². The molecule has 0 aromatic heterocycles. The van der Waals surface area contributed by atoms with Gasteiger partial charge in [-0.3, -0.25) is 14.3 Å². The van der Waals surface area contributed by atoms with Crippen LogP contribution in [0.15, 0.2) is 77.7 Å². The lowest BCUT2D eigenvalue weighted by molar-refractivity contribution is 0.101. The van der Waals surface area contributed by atoms with Gasteiger partial charge >= 0.3 is 0 Å². The van der Waals surface area contributed by atoms with Gasteiger partial charge in [0.2, 0.25) is 0 Å². The molecule has 0 unspecified atom stereocenters. The van der Waals surface area contributed by atoms with Gasteiger partial charge in [-0.25, -0.2) is 8.42 Å². The molecule has 0 aliphatic carbocycles. The lowest BCUT2D eigenvalue weighted by atomic mass is 10.1. The third-order valence-electron chi connectivity index (χ3n) is 4.30. The molecule has 0 saturated carbocycles. The molecule has 3 aromatic carbocycles. The van der Waals surface area contributed by atoms with E-state index in [0.29, 0.717) is 11.3 Å². The second-order valence-electron chi connectivity index (χ2n) is 6.55. The molecule has 2 N–H and O–H groups in total. The van der Waals surface area contributed by atoms with Gasteiger partial charge in [-0.05, 0) is 62.4 Å². The zero-order chi connectivity index (χ0) is 21.0. The number of para-hydroxylation sites is 1. The number of amides is 1. The van der Waals surface area contributed by atoms with E-state index in [9.17, 15) is 18.0 Å². The maximum Gasteiger partial charge on any atom is 0.261 e. The Balaban J connectivity index is 1.83. The number of hydrogen-bond acceptors (Lipinski definition) is 4. The summed E-state index contributed by atoms with van der Waals surface area (Å²) in [6.07, 6.45) is 0. The first kappa shape index (κ1) is 20.3. The number of rotatable bonds is 6. The number of Topliss-reactive ketones (excluding diaryl/α,β-unsaturated/α-hetero) is 1. The highest BCUT2D eigenvalue weighted by atomic mass is 32.2. The van der Waals surface area contributed by atoms with Gasteiger partial charge < -0.3 is 5.32 Å². The molecule has 0 fully saturated rings. The topological polar surface area (TPSA) is 92.3 Å². The third kappa shape index (κ3) is 4.89. The number of hydrogen-bond donors (Lipinski definition) is 2. The molecule has 0 saturated heterocycles. The number of nitrogens with one attached hydrogen (secondary N) is 2. The van der Waals surface area contributed by atoms with Crippen LogP contribution in [-0.4, -0.2) is 20.1 Å². The summed E-state index contributed by atoms with van der Waals surface area (Å²) in [5, 5.41) is 2.71. The lowest BCUT2D eigenvalue weighted by Gasteiger charge is -2.13. The average molecular weight is 408 g/mol. The minimum atomic E-state index is -3.84. The first-order valence-electron chi connectivity index (χ1n) is 8.87. The molecular formula is C22H20N2O4S. The quantitative estimate of drug-likeness (QED) is 0.597. The van der Waals surface area contributed by atoms with Crippen LogP contribution in [0, 0.1) is 6.92 Å². The summed E-state index contributed by atoms with van der Waals surface area (Å²) in [4.78, 5) is 24.2. The van der Waals surface area contributed by atoms with Crippen molar-refractivity contribution in [2.75, 3.05) is 10.0 Å². The van der Waals surface area contributed by atoms with Crippen LogP contribution in [0.3, 0.4) is 0 Å². The maximum atomic E-state index is 12.7. The van der Waals surface area contributed by atoms with Gasteiger partial charge in [0.05, 0.1) is 16.1 Å². The first-order chi connectivity index (χ1) is 13.8. The smallest absolute Gasteiger partial charge is 0.261 e. The van der Waals surface area contributed by atoms with Crippen LogP contribution >= 0.6 is 0 Å². The van der Waals surface area contributed by atoms with Gasteiger partial charge in [0.15, 0.2) is 5.78 Å². The van der Waals surface area contributed by atoms with E-state index in [1.807, 2.05) is 6.92 Å². The van der Waals surface area contributed by atoms with Crippen LogP contribution < -0.4 is 10.0 Å². The van der Waals surface area contributed by atoms with E-state index in [1.165, 1.54) is 31.2 Å². The van der Waals surface area contributed by atoms with E-state index in [4.69, 9.17) is 0 Å². The fourth-order valence-corrected chi connectivity index (χ4v) is 3.76. The molecular weight excluding hydrogens is 388 g/mol. The number of carbonyl (C=O) groups is 2. The fourth-order valence-electron chi connectivity index (χ4n) is 2.68. The third-order valence-corrected chi connectivity index (χ3v) is 5.68. The van der Waals surface area contributed by atoms with Gasteiger partial charge in [-0.15, -0.1) is 0 Å². The van der Waals surface area contributed by atoms with E-state index < -0.39 is 15.9 Å². The second kappa shape index (κ2) is 8.28. The summed E-state index contributed by atoms with van der Waals surface area (Å²) >= 11 is 0. The van der Waals surface area contributed by atoms with Crippen molar-refractivity contribution in [2.24, 2.45) is 0 Å². The summed E-state index contributed by atoms with van der Waals surface area (Å²) in [5.74, 6) is -0.540. The molecule has 29 heavy (non-hydrogen) atoms. The molecule has 3 rings (SSSR count). The van der Waals surface area contributed by atoms with E-state index in [0.717, 1.165) is 5.56 Å². The monoisotopic (exact) mass is 408 g/mol. The van der Waals surface area contributed by atoms with Gasteiger partial charge in [-0.2, -0.15) is 0 Å². The van der Waals surface area contributed by atoms with Crippen molar-refractivity contribution in [3.8, 4) is 0 Å². The standard InChI is InChI=1S/C22H20N2O4S/c1-15-7-13-19(14-8-15)29(27,28)24-21-6-4-3-5-20(21)22(26)23-18-11-9-17(10-12-18)16(2)25/h3-14,24H,1-2H3,(H,23,26). The molecule has 0 aliphatic rings. The zero-order valence-corrected chi connectivity index (χ0v) is 16.8. The summed E-state index contributed by atoms with van der Waals surface area (Å²) in [7, 11) is -3.84. The second-order valence-corrected chi connectivity index (χ2v) is 8.23. The molecule has 0 radical (unpaired) electrons. The lowest BCUT2D eigenvalue weighted by Crippen LogP contribution is -2.18. The Kier molecular flexibility index (Phi) is 5.79. The summed E-state index contributed by atoms with van der Waals surface area (Å²) in [6.45, 7) is 3.33. The highest BCUT2D eigenvalue weighted by Gasteiger charge is 2.18. The molecule has 0 atom stereocenters. The summed E-state index contributed by atoms with van der Waals surface area (Å²) in [6, 6.07) is 19.3. The van der Waals surface area contributed by atoms with Crippen molar-refractivity contribution in [2.45, 2.75) is 18.7 Å². The minimum absolute atomic E-state index is 0.0706. The van der Waals surface area contributed by atoms with Gasteiger partial charge in [0.25, 0.3) is 15.9 Å². The Morgan fingerprint density at radius 2 is 1.45 bits per heavy atom. The van der Waals surface area contributed by atoms with Crippen LogP contribution in [0.25, 0.3) is 0 Å². The van der Waals surface area contributed by atoms with Crippen molar-refractivity contribution in [3.05, 3.63) is 89.5 Å².